The Morgan fingerprint density at radius 1 is 1.41 bits per heavy atom. The Balaban J connectivity index is 1.86. The van der Waals surface area contributed by atoms with Crippen molar-refractivity contribution in [2.24, 2.45) is 12.5 Å². The molecule has 1 atom stereocenters. The maximum absolute atomic E-state index is 10.1. The van der Waals surface area contributed by atoms with E-state index in [9.17, 15) is 5.11 Å². The number of nitrogens with zero attached hydrogens (tertiary/aromatic N) is 2. The highest BCUT2D eigenvalue weighted by atomic mass is 16.5. The molecule has 2 aromatic rings. The summed E-state index contributed by atoms with van der Waals surface area (Å²) in [5.74, 6) is 1.28. The van der Waals surface area contributed by atoms with Crippen molar-refractivity contribution in [3.8, 4) is 22.6 Å². The van der Waals surface area contributed by atoms with Crippen LogP contribution in [-0.2, 0) is 7.05 Å². The van der Waals surface area contributed by atoms with E-state index >= 15 is 0 Å². The van der Waals surface area contributed by atoms with Gasteiger partial charge in [0.05, 0.1) is 12.3 Å². The largest absolute Gasteiger partial charge is 0.504 e. The predicted molar refractivity (Wildman–Crippen MR) is 86.8 cm³/mol. The zero-order valence-electron chi connectivity index (χ0n) is 13.3. The number of aromatic hydroxyl groups is 1. The average molecular weight is 301 g/mol. The SMILES string of the molecule is Cn1ncc(-c2ccc(O)c(OC3CCC(C)(C)C3)c2)c1N. The molecule has 0 spiro atoms. The van der Waals surface area contributed by atoms with E-state index in [1.165, 1.54) is 0 Å². The number of anilines is 1. The molecule has 1 aliphatic carbocycles. The van der Waals surface area contributed by atoms with Crippen molar-refractivity contribution in [2.45, 2.75) is 39.2 Å². The number of phenolic OH excluding ortho intramolecular Hbond substituents is 1. The molecule has 22 heavy (non-hydrogen) atoms. The first kappa shape index (κ1) is 14.8. The summed E-state index contributed by atoms with van der Waals surface area (Å²) in [6, 6.07) is 5.32. The Morgan fingerprint density at radius 2 is 2.18 bits per heavy atom. The second kappa shape index (κ2) is 5.23. The van der Waals surface area contributed by atoms with E-state index < -0.39 is 0 Å². The maximum Gasteiger partial charge on any atom is 0.161 e. The molecule has 3 rings (SSSR count). The number of phenols is 1. The highest BCUT2D eigenvalue weighted by molar-refractivity contribution is 5.75. The highest BCUT2D eigenvalue weighted by Crippen LogP contribution is 2.41. The van der Waals surface area contributed by atoms with Gasteiger partial charge in [0.15, 0.2) is 11.5 Å². The Kier molecular flexibility index (Phi) is 3.51. The van der Waals surface area contributed by atoms with Gasteiger partial charge in [-0.1, -0.05) is 19.9 Å². The Hall–Kier alpha value is -2.17. The number of aryl methyl sites for hydroxylation is 1. The van der Waals surface area contributed by atoms with E-state index in [2.05, 4.69) is 18.9 Å². The fourth-order valence-corrected chi connectivity index (χ4v) is 3.10. The van der Waals surface area contributed by atoms with Crippen LogP contribution in [0.2, 0.25) is 0 Å². The minimum atomic E-state index is 0.155. The molecule has 1 unspecified atom stereocenters. The van der Waals surface area contributed by atoms with Gasteiger partial charge >= 0.3 is 0 Å². The summed E-state index contributed by atoms with van der Waals surface area (Å²) < 4.78 is 7.66. The van der Waals surface area contributed by atoms with E-state index in [1.54, 1.807) is 24.0 Å². The van der Waals surface area contributed by atoms with Gasteiger partial charge in [-0.25, -0.2) is 0 Å². The predicted octanol–water partition coefficient (Wildman–Crippen LogP) is 3.33. The van der Waals surface area contributed by atoms with Crippen LogP contribution in [0.25, 0.3) is 11.1 Å². The van der Waals surface area contributed by atoms with E-state index in [4.69, 9.17) is 10.5 Å². The van der Waals surface area contributed by atoms with E-state index in [0.717, 1.165) is 30.4 Å². The van der Waals surface area contributed by atoms with Crippen molar-refractivity contribution in [2.75, 3.05) is 5.73 Å². The van der Waals surface area contributed by atoms with Crippen molar-refractivity contribution < 1.29 is 9.84 Å². The van der Waals surface area contributed by atoms with Crippen molar-refractivity contribution in [1.82, 2.24) is 9.78 Å². The van der Waals surface area contributed by atoms with Crippen LogP contribution in [0, 0.1) is 5.41 Å². The number of nitrogen functional groups attached to an aromatic ring is 1. The van der Waals surface area contributed by atoms with E-state index in [-0.39, 0.29) is 11.9 Å². The quantitative estimate of drug-likeness (QED) is 0.912. The fraction of sp³-hybridized carbons (Fsp3) is 0.471. The van der Waals surface area contributed by atoms with Gasteiger partial charge in [-0.2, -0.15) is 5.10 Å². The van der Waals surface area contributed by atoms with Crippen molar-refractivity contribution in [1.29, 1.82) is 0 Å². The molecule has 1 heterocycles. The first-order valence-electron chi connectivity index (χ1n) is 7.63. The third-order valence-electron chi connectivity index (χ3n) is 4.47. The third kappa shape index (κ3) is 2.75. The number of nitrogens with two attached hydrogens (primary N) is 1. The molecule has 5 nitrogen and oxygen atoms in total. The van der Waals surface area contributed by atoms with Gasteiger partial charge in [-0.05, 0) is 42.4 Å². The number of hydrogen-bond acceptors (Lipinski definition) is 4. The maximum atomic E-state index is 10.1. The third-order valence-corrected chi connectivity index (χ3v) is 4.47. The zero-order chi connectivity index (χ0) is 15.9. The summed E-state index contributed by atoms with van der Waals surface area (Å²) >= 11 is 0. The molecule has 0 radical (unpaired) electrons. The molecule has 1 saturated carbocycles. The molecule has 1 aromatic heterocycles. The molecular formula is C17H23N3O2. The van der Waals surface area contributed by atoms with Crippen LogP contribution in [0.1, 0.15) is 33.1 Å². The molecule has 0 aliphatic heterocycles. The van der Waals surface area contributed by atoms with Crippen LogP contribution < -0.4 is 10.5 Å². The second-order valence-electron chi connectivity index (χ2n) is 6.90. The Bertz CT molecular complexity index is 691. The molecule has 1 fully saturated rings. The summed E-state index contributed by atoms with van der Waals surface area (Å²) in [4.78, 5) is 0. The summed E-state index contributed by atoms with van der Waals surface area (Å²) in [5, 5.41) is 14.2. The van der Waals surface area contributed by atoms with Gasteiger partial charge in [0.1, 0.15) is 5.82 Å². The van der Waals surface area contributed by atoms with E-state index in [1.807, 2.05) is 12.1 Å². The van der Waals surface area contributed by atoms with Gasteiger partial charge in [0.2, 0.25) is 0 Å². The normalized spacial score (nSPS) is 20.2. The fourth-order valence-electron chi connectivity index (χ4n) is 3.10. The summed E-state index contributed by atoms with van der Waals surface area (Å²) in [6.45, 7) is 4.51. The lowest BCUT2D eigenvalue weighted by atomic mass is 9.92. The Morgan fingerprint density at radius 3 is 2.77 bits per heavy atom. The number of hydrogen-bond donors (Lipinski definition) is 2. The minimum absolute atomic E-state index is 0.155. The minimum Gasteiger partial charge on any atom is -0.504 e. The molecule has 3 N–H and O–H groups in total. The zero-order valence-corrected chi connectivity index (χ0v) is 13.3. The average Bonchev–Trinajstić information content (AvgIpc) is 2.96. The first-order valence-corrected chi connectivity index (χ1v) is 7.63. The molecule has 0 amide bonds. The van der Waals surface area contributed by atoms with Crippen LogP contribution in [0.3, 0.4) is 0 Å². The molecule has 1 aliphatic rings. The lowest BCUT2D eigenvalue weighted by Crippen LogP contribution is -2.14. The van der Waals surface area contributed by atoms with Crippen molar-refractivity contribution in [3.05, 3.63) is 24.4 Å². The monoisotopic (exact) mass is 301 g/mol. The first-order chi connectivity index (χ1) is 10.4. The summed E-state index contributed by atoms with van der Waals surface area (Å²) in [6.07, 6.45) is 5.05. The van der Waals surface area contributed by atoms with Gasteiger partial charge < -0.3 is 15.6 Å². The van der Waals surface area contributed by atoms with Gasteiger partial charge in [0.25, 0.3) is 0 Å². The molecule has 118 valence electrons. The standard InChI is InChI=1S/C17H23N3O2/c1-17(2)7-6-12(9-17)22-15-8-11(4-5-14(15)21)13-10-19-20(3)16(13)18/h4-5,8,10,12,21H,6-7,9,18H2,1-3H3. The lowest BCUT2D eigenvalue weighted by Gasteiger charge is -2.19. The van der Waals surface area contributed by atoms with Crippen LogP contribution in [0.15, 0.2) is 24.4 Å². The lowest BCUT2D eigenvalue weighted by molar-refractivity contribution is 0.186. The smallest absolute Gasteiger partial charge is 0.161 e. The topological polar surface area (TPSA) is 73.3 Å². The van der Waals surface area contributed by atoms with Crippen LogP contribution in [0.4, 0.5) is 5.82 Å². The van der Waals surface area contributed by atoms with Crippen LogP contribution in [-0.4, -0.2) is 21.0 Å². The van der Waals surface area contributed by atoms with Crippen LogP contribution in [0.5, 0.6) is 11.5 Å². The number of aromatic nitrogens is 2. The van der Waals surface area contributed by atoms with Crippen LogP contribution >= 0.6 is 0 Å². The molecule has 0 bridgehead atoms. The van der Waals surface area contributed by atoms with Crippen molar-refractivity contribution in [3.63, 3.8) is 0 Å². The van der Waals surface area contributed by atoms with Gasteiger partial charge in [0, 0.05) is 12.6 Å². The molecule has 0 saturated heterocycles. The number of rotatable bonds is 3. The molecule has 1 aromatic carbocycles. The Labute approximate surface area is 130 Å². The number of ether oxygens (including phenoxy) is 1. The summed E-state index contributed by atoms with van der Waals surface area (Å²) in [5.41, 5.74) is 8.08. The molecule has 5 heteroatoms. The molecular weight excluding hydrogens is 278 g/mol. The van der Waals surface area contributed by atoms with E-state index in [0.29, 0.717) is 17.0 Å². The summed E-state index contributed by atoms with van der Waals surface area (Å²) in [7, 11) is 1.80. The van der Waals surface area contributed by atoms with Gasteiger partial charge in [-0.15, -0.1) is 0 Å². The van der Waals surface area contributed by atoms with Gasteiger partial charge in [-0.3, -0.25) is 4.68 Å². The second-order valence-corrected chi connectivity index (χ2v) is 6.90. The highest BCUT2D eigenvalue weighted by Gasteiger charge is 2.32. The van der Waals surface area contributed by atoms with Crippen molar-refractivity contribution >= 4 is 5.82 Å². The number of benzene rings is 1.